The predicted octanol–water partition coefficient (Wildman–Crippen LogP) is 2.22. The molecule has 1 aromatic rings. The average molecular weight is 265 g/mol. The second-order valence-corrected chi connectivity index (χ2v) is 4.82. The lowest BCUT2D eigenvalue weighted by molar-refractivity contribution is -0.140. The van der Waals surface area contributed by atoms with E-state index in [1.165, 1.54) is 12.7 Å². The van der Waals surface area contributed by atoms with Crippen LogP contribution in [-0.4, -0.2) is 25.7 Å². The van der Waals surface area contributed by atoms with Crippen LogP contribution in [0.3, 0.4) is 0 Å². The maximum atomic E-state index is 11.0. The smallest absolute Gasteiger partial charge is 0.305 e. The number of carbonyl (C=O) groups excluding carboxylic acids is 1. The topological polar surface area (TPSA) is 61.5 Å². The molecule has 1 rings (SSSR count). The quantitative estimate of drug-likeness (QED) is 0.606. The van der Waals surface area contributed by atoms with E-state index >= 15 is 0 Å². The summed E-state index contributed by atoms with van der Waals surface area (Å²) in [5.41, 5.74) is 8.15. The standard InChI is InChI=1S/C15H23NO3/c1-11-6-7-14(13(9-11)10-12(2)16)19-8-4-5-15(17)18-3/h6-7,9,12H,4-5,8,10,16H2,1-3H3. The molecule has 0 bridgehead atoms. The van der Waals surface area contributed by atoms with Gasteiger partial charge >= 0.3 is 5.97 Å². The first-order chi connectivity index (χ1) is 9.02. The lowest BCUT2D eigenvalue weighted by atomic mass is 10.0. The van der Waals surface area contributed by atoms with Crippen LogP contribution >= 0.6 is 0 Å². The van der Waals surface area contributed by atoms with Gasteiger partial charge in [0.05, 0.1) is 13.7 Å². The van der Waals surface area contributed by atoms with Crippen LogP contribution in [0.15, 0.2) is 18.2 Å². The number of rotatable bonds is 7. The van der Waals surface area contributed by atoms with E-state index < -0.39 is 0 Å². The van der Waals surface area contributed by atoms with Gasteiger partial charge in [0.15, 0.2) is 0 Å². The molecule has 0 radical (unpaired) electrons. The van der Waals surface area contributed by atoms with Gasteiger partial charge in [0, 0.05) is 12.5 Å². The zero-order chi connectivity index (χ0) is 14.3. The molecule has 4 heteroatoms. The molecule has 0 spiro atoms. The van der Waals surface area contributed by atoms with Crippen LogP contribution in [0, 0.1) is 6.92 Å². The minimum Gasteiger partial charge on any atom is -0.493 e. The molecular formula is C15H23NO3. The van der Waals surface area contributed by atoms with Gasteiger partial charge in [-0.3, -0.25) is 4.79 Å². The Bertz CT molecular complexity index is 416. The predicted molar refractivity (Wildman–Crippen MR) is 75.3 cm³/mol. The summed E-state index contributed by atoms with van der Waals surface area (Å²) < 4.78 is 10.3. The molecule has 1 atom stereocenters. The van der Waals surface area contributed by atoms with Crippen molar-refractivity contribution in [1.29, 1.82) is 0 Å². The lowest BCUT2D eigenvalue weighted by Gasteiger charge is -2.13. The minimum absolute atomic E-state index is 0.0965. The highest BCUT2D eigenvalue weighted by molar-refractivity contribution is 5.69. The van der Waals surface area contributed by atoms with Crippen LogP contribution in [0.25, 0.3) is 0 Å². The number of nitrogens with two attached hydrogens (primary N) is 1. The first-order valence-corrected chi connectivity index (χ1v) is 6.57. The Kier molecular flexibility index (Phi) is 6.36. The van der Waals surface area contributed by atoms with Gasteiger partial charge in [-0.2, -0.15) is 0 Å². The van der Waals surface area contributed by atoms with Crippen LogP contribution in [0.4, 0.5) is 0 Å². The van der Waals surface area contributed by atoms with Crippen molar-refractivity contribution in [2.24, 2.45) is 5.73 Å². The molecule has 0 aliphatic carbocycles. The van der Waals surface area contributed by atoms with Crippen molar-refractivity contribution in [1.82, 2.24) is 0 Å². The Balaban J connectivity index is 2.54. The molecule has 0 saturated heterocycles. The molecule has 19 heavy (non-hydrogen) atoms. The second kappa shape index (κ2) is 7.79. The molecule has 106 valence electrons. The Morgan fingerprint density at radius 2 is 2.16 bits per heavy atom. The van der Waals surface area contributed by atoms with E-state index in [0.717, 1.165) is 17.7 Å². The number of benzene rings is 1. The molecule has 0 heterocycles. The molecule has 1 aromatic carbocycles. The first kappa shape index (κ1) is 15.5. The van der Waals surface area contributed by atoms with Gasteiger partial charge in [-0.1, -0.05) is 17.7 Å². The molecule has 0 amide bonds. The maximum absolute atomic E-state index is 11.0. The lowest BCUT2D eigenvalue weighted by Crippen LogP contribution is -2.18. The van der Waals surface area contributed by atoms with Gasteiger partial charge in [0.25, 0.3) is 0 Å². The van der Waals surface area contributed by atoms with Crippen molar-refractivity contribution in [3.63, 3.8) is 0 Å². The van der Waals surface area contributed by atoms with Crippen LogP contribution in [0.1, 0.15) is 30.9 Å². The summed E-state index contributed by atoms with van der Waals surface area (Å²) in [6.45, 7) is 4.53. The van der Waals surface area contributed by atoms with Crippen molar-refractivity contribution in [2.75, 3.05) is 13.7 Å². The number of ether oxygens (including phenoxy) is 2. The van der Waals surface area contributed by atoms with Crippen molar-refractivity contribution < 1.29 is 14.3 Å². The first-order valence-electron chi connectivity index (χ1n) is 6.57. The number of carbonyl (C=O) groups is 1. The van der Waals surface area contributed by atoms with Crippen molar-refractivity contribution in [2.45, 2.75) is 39.2 Å². The summed E-state index contributed by atoms with van der Waals surface area (Å²) in [6.07, 6.45) is 1.82. The largest absolute Gasteiger partial charge is 0.493 e. The molecule has 1 unspecified atom stereocenters. The van der Waals surface area contributed by atoms with Crippen LogP contribution in [0.5, 0.6) is 5.75 Å². The Morgan fingerprint density at radius 3 is 2.79 bits per heavy atom. The summed E-state index contributed by atoms with van der Waals surface area (Å²) in [5.74, 6) is 0.649. The average Bonchev–Trinajstić information content (AvgIpc) is 2.35. The fourth-order valence-corrected chi connectivity index (χ4v) is 1.86. The highest BCUT2D eigenvalue weighted by atomic mass is 16.5. The Labute approximate surface area is 114 Å². The highest BCUT2D eigenvalue weighted by Crippen LogP contribution is 2.21. The van der Waals surface area contributed by atoms with E-state index in [1.807, 2.05) is 26.0 Å². The van der Waals surface area contributed by atoms with Gasteiger partial charge in [-0.05, 0) is 38.3 Å². The molecule has 0 aliphatic heterocycles. The molecule has 2 N–H and O–H groups in total. The van der Waals surface area contributed by atoms with Gasteiger partial charge in [-0.15, -0.1) is 0 Å². The minimum atomic E-state index is -0.205. The number of hydrogen-bond acceptors (Lipinski definition) is 4. The maximum Gasteiger partial charge on any atom is 0.305 e. The van der Waals surface area contributed by atoms with Gasteiger partial charge in [-0.25, -0.2) is 0 Å². The molecule has 0 aliphatic rings. The zero-order valence-corrected chi connectivity index (χ0v) is 11.9. The van der Waals surface area contributed by atoms with Gasteiger partial charge in [0.2, 0.25) is 0 Å². The number of esters is 1. The molecule has 0 saturated carbocycles. The van der Waals surface area contributed by atoms with E-state index in [1.54, 1.807) is 0 Å². The molecular weight excluding hydrogens is 242 g/mol. The van der Waals surface area contributed by atoms with Gasteiger partial charge in [0.1, 0.15) is 5.75 Å². The SMILES string of the molecule is COC(=O)CCCOc1ccc(C)cc1CC(C)N. The van der Waals surface area contributed by atoms with E-state index in [4.69, 9.17) is 10.5 Å². The van der Waals surface area contributed by atoms with E-state index in [0.29, 0.717) is 19.4 Å². The molecule has 0 fully saturated rings. The third-order valence-electron chi connectivity index (χ3n) is 2.77. The summed E-state index contributed by atoms with van der Waals surface area (Å²) in [7, 11) is 1.39. The number of hydrogen-bond donors (Lipinski definition) is 1. The summed E-state index contributed by atoms with van der Waals surface area (Å²) in [6, 6.07) is 6.17. The zero-order valence-electron chi connectivity index (χ0n) is 11.9. The summed E-state index contributed by atoms with van der Waals surface area (Å²) in [4.78, 5) is 11.0. The molecule has 4 nitrogen and oxygen atoms in total. The Hall–Kier alpha value is -1.55. The van der Waals surface area contributed by atoms with Crippen molar-refractivity contribution >= 4 is 5.97 Å². The van der Waals surface area contributed by atoms with Crippen LogP contribution in [-0.2, 0) is 16.0 Å². The number of aryl methyl sites for hydroxylation is 1. The third-order valence-corrected chi connectivity index (χ3v) is 2.77. The third kappa shape index (κ3) is 5.75. The number of methoxy groups -OCH3 is 1. The van der Waals surface area contributed by atoms with Crippen LogP contribution in [0.2, 0.25) is 0 Å². The van der Waals surface area contributed by atoms with Crippen LogP contribution < -0.4 is 10.5 Å². The second-order valence-electron chi connectivity index (χ2n) is 4.82. The highest BCUT2D eigenvalue weighted by Gasteiger charge is 2.07. The van der Waals surface area contributed by atoms with Gasteiger partial charge < -0.3 is 15.2 Å². The van der Waals surface area contributed by atoms with E-state index in [-0.39, 0.29) is 12.0 Å². The van der Waals surface area contributed by atoms with E-state index in [2.05, 4.69) is 10.8 Å². The fourth-order valence-electron chi connectivity index (χ4n) is 1.86. The van der Waals surface area contributed by atoms with E-state index in [9.17, 15) is 4.79 Å². The monoisotopic (exact) mass is 265 g/mol. The van der Waals surface area contributed by atoms with Crippen molar-refractivity contribution in [3.05, 3.63) is 29.3 Å². The van der Waals surface area contributed by atoms with Crippen molar-refractivity contribution in [3.8, 4) is 5.75 Å². The normalized spacial score (nSPS) is 12.0. The summed E-state index contributed by atoms with van der Waals surface area (Å²) in [5, 5.41) is 0. The Morgan fingerprint density at radius 1 is 1.42 bits per heavy atom. The summed E-state index contributed by atoms with van der Waals surface area (Å²) >= 11 is 0. The fraction of sp³-hybridized carbons (Fsp3) is 0.533. The molecule has 0 aromatic heterocycles.